The molecular formula is C6H2N6S. The van der Waals surface area contributed by atoms with Gasteiger partial charge in [0.2, 0.25) is 0 Å². The molecule has 0 atom stereocenters. The Labute approximate surface area is 75.7 Å². The second-order valence-corrected chi connectivity index (χ2v) is 3.31. The van der Waals surface area contributed by atoms with Gasteiger partial charge in [-0.25, -0.2) is 9.97 Å². The Morgan fingerprint density at radius 2 is 1.38 bits per heavy atom. The highest BCUT2D eigenvalue weighted by molar-refractivity contribution is 7.24. The summed E-state index contributed by atoms with van der Waals surface area (Å²) in [4.78, 5) is 9.69. The number of aromatic nitrogens is 6. The van der Waals surface area contributed by atoms with Crippen molar-refractivity contribution in [3.05, 3.63) is 12.7 Å². The normalized spacial score (nSPS) is 11.1. The molecule has 0 bridgehead atoms. The largest absolute Gasteiger partial charge is 0.222 e. The molecule has 0 aliphatic heterocycles. The van der Waals surface area contributed by atoms with Crippen LogP contribution < -0.4 is 0 Å². The van der Waals surface area contributed by atoms with E-state index in [1.54, 1.807) is 0 Å². The van der Waals surface area contributed by atoms with Crippen LogP contribution in [0.4, 0.5) is 0 Å². The van der Waals surface area contributed by atoms with Gasteiger partial charge in [-0.05, 0) is 0 Å². The van der Waals surface area contributed by atoms with Gasteiger partial charge >= 0.3 is 0 Å². The summed E-state index contributed by atoms with van der Waals surface area (Å²) in [5, 5.41) is 15.2. The van der Waals surface area contributed by atoms with E-state index in [4.69, 9.17) is 0 Å². The Balaban J connectivity index is 2.64. The maximum absolute atomic E-state index is 4.06. The second-order valence-electron chi connectivity index (χ2n) is 2.33. The lowest BCUT2D eigenvalue weighted by atomic mass is 10.5. The minimum atomic E-state index is 0.670. The van der Waals surface area contributed by atoms with E-state index >= 15 is 0 Å². The van der Waals surface area contributed by atoms with E-state index in [1.165, 1.54) is 24.0 Å². The van der Waals surface area contributed by atoms with E-state index in [9.17, 15) is 0 Å². The van der Waals surface area contributed by atoms with Crippen LogP contribution in [0.15, 0.2) is 12.7 Å². The Kier molecular flexibility index (Phi) is 1.22. The van der Waals surface area contributed by atoms with Crippen molar-refractivity contribution in [2.75, 3.05) is 0 Å². The fraction of sp³-hybridized carbons (Fsp3) is 0. The Bertz CT molecular complexity index is 525. The van der Waals surface area contributed by atoms with Crippen molar-refractivity contribution in [2.45, 2.75) is 0 Å². The van der Waals surface area contributed by atoms with Crippen molar-refractivity contribution in [2.24, 2.45) is 0 Å². The molecule has 3 rings (SSSR count). The molecule has 0 aliphatic carbocycles. The van der Waals surface area contributed by atoms with E-state index in [1.807, 2.05) is 0 Å². The van der Waals surface area contributed by atoms with E-state index in [2.05, 4.69) is 30.4 Å². The van der Waals surface area contributed by atoms with Gasteiger partial charge in [0.25, 0.3) is 0 Å². The first-order valence-corrected chi connectivity index (χ1v) is 4.30. The molecule has 0 fully saturated rings. The van der Waals surface area contributed by atoms with Gasteiger partial charge in [-0.2, -0.15) is 0 Å². The quantitative estimate of drug-likeness (QED) is 0.511. The van der Waals surface area contributed by atoms with Crippen LogP contribution in [-0.4, -0.2) is 30.4 Å². The van der Waals surface area contributed by atoms with E-state index in [0.29, 0.717) is 11.0 Å². The standard InChI is InChI=1S/C6H2N6S/c1-7-5-3(11-9-1)4-6(13-5)8-2-10-12-4/h1-2H. The highest BCUT2D eigenvalue weighted by atomic mass is 32.1. The topological polar surface area (TPSA) is 77.3 Å². The molecule has 3 aromatic heterocycles. The molecule has 0 aliphatic rings. The first-order valence-electron chi connectivity index (χ1n) is 3.49. The second kappa shape index (κ2) is 2.36. The lowest BCUT2D eigenvalue weighted by Crippen LogP contribution is -1.85. The van der Waals surface area contributed by atoms with Crippen molar-refractivity contribution >= 4 is 32.0 Å². The molecule has 0 spiro atoms. The van der Waals surface area contributed by atoms with Crippen molar-refractivity contribution in [1.82, 2.24) is 30.4 Å². The number of hydrogen-bond acceptors (Lipinski definition) is 7. The Hall–Kier alpha value is -1.76. The zero-order valence-corrected chi connectivity index (χ0v) is 7.06. The van der Waals surface area contributed by atoms with Crippen LogP contribution in [0.3, 0.4) is 0 Å². The number of hydrogen-bond donors (Lipinski definition) is 0. The first kappa shape index (κ1) is 6.72. The molecule has 0 saturated heterocycles. The lowest BCUT2D eigenvalue weighted by Gasteiger charge is -1.83. The van der Waals surface area contributed by atoms with Crippen molar-refractivity contribution in [3.63, 3.8) is 0 Å². The fourth-order valence-corrected chi connectivity index (χ4v) is 1.92. The summed E-state index contributed by atoms with van der Waals surface area (Å²) in [5.41, 5.74) is 1.34. The third kappa shape index (κ3) is 0.872. The number of thiophene rings is 1. The first-order chi connectivity index (χ1) is 6.45. The lowest BCUT2D eigenvalue weighted by molar-refractivity contribution is 1.01. The maximum atomic E-state index is 4.06. The molecule has 3 heterocycles. The van der Waals surface area contributed by atoms with Gasteiger partial charge in [0.1, 0.15) is 22.3 Å². The molecule has 0 saturated carbocycles. The summed E-state index contributed by atoms with van der Waals surface area (Å²) in [7, 11) is 0. The molecule has 62 valence electrons. The minimum Gasteiger partial charge on any atom is -0.222 e. The molecule has 13 heavy (non-hydrogen) atoms. The molecule has 0 amide bonds. The summed E-state index contributed by atoms with van der Waals surface area (Å²) < 4.78 is 0. The average Bonchev–Trinajstić information content (AvgIpc) is 2.56. The molecule has 0 N–H and O–H groups in total. The third-order valence-corrected chi connectivity index (χ3v) is 2.58. The van der Waals surface area contributed by atoms with Crippen LogP contribution in [-0.2, 0) is 0 Å². The highest BCUT2D eigenvalue weighted by Gasteiger charge is 2.08. The van der Waals surface area contributed by atoms with Crippen LogP contribution >= 0.6 is 11.3 Å². The maximum Gasteiger partial charge on any atom is 0.152 e. The van der Waals surface area contributed by atoms with Crippen LogP contribution in [0, 0.1) is 0 Å². The van der Waals surface area contributed by atoms with Crippen molar-refractivity contribution < 1.29 is 0 Å². The summed E-state index contributed by atoms with van der Waals surface area (Å²) in [5.74, 6) is 0. The van der Waals surface area contributed by atoms with Gasteiger partial charge in [-0.3, -0.25) is 0 Å². The average molecular weight is 190 g/mol. The molecule has 0 radical (unpaired) electrons. The minimum absolute atomic E-state index is 0.670. The van der Waals surface area contributed by atoms with E-state index in [-0.39, 0.29) is 0 Å². The van der Waals surface area contributed by atoms with E-state index in [0.717, 1.165) is 9.66 Å². The molecule has 7 heteroatoms. The van der Waals surface area contributed by atoms with E-state index < -0.39 is 0 Å². The fourth-order valence-electron chi connectivity index (χ4n) is 1.07. The van der Waals surface area contributed by atoms with Gasteiger partial charge in [0, 0.05) is 0 Å². The van der Waals surface area contributed by atoms with Gasteiger partial charge < -0.3 is 0 Å². The van der Waals surface area contributed by atoms with Crippen LogP contribution in [0.1, 0.15) is 0 Å². The number of fused-ring (bicyclic) bond motifs is 3. The third-order valence-electron chi connectivity index (χ3n) is 1.59. The molecule has 0 aromatic carbocycles. The molecule has 3 aromatic rings. The zero-order chi connectivity index (χ0) is 8.67. The van der Waals surface area contributed by atoms with Crippen molar-refractivity contribution in [3.8, 4) is 0 Å². The van der Waals surface area contributed by atoms with Crippen molar-refractivity contribution in [1.29, 1.82) is 0 Å². The van der Waals surface area contributed by atoms with Gasteiger partial charge in [-0.15, -0.1) is 20.4 Å². The number of rotatable bonds is 0. The van der Waals surface area contributed by atoms with Gasteiger partial charge in [0.05, 0.1) is 0 Å². The van der Waals surface area contributed by atoms with Crippen LogP contribution in [0.5, 0.6) is 0 Å². The predicted molar refractivity (Wildman–Crippen MR) is 46.1 cm³/mol. The summed E-state index contributed by atoms with van der Waals surface area (Å²) in [6.45, 7) is 0. The SMILES string of the molecule is c1nnc2c(n1)sc1ncnnc12. The molecular weight excluding hydrogens is 188 g/mol. The predicted octanol–water partition coefficient (Wildman–Crippen LogP) is 0.424. The summed E-state index contributed by atoms with van der Waals surface area (Å²) in [6, 6.07) is 0. The Morgan fingerprint density at radius 3 is 1.92 bits per heavy atom. The summed E-state index contributed by atoms with van der Waals surface area (Å²) >= 11 is 1.43. The smallest absolute Gasteiger partial charge is 0.152 e. The molecule has 6 nitrogen and oxygen atoms in total. The zero-order valence-electron chi connectivity index (χ0n) is 6.25. The number of nitrogens with zero attached hydrogens (tertiary/aromatic N) is 6. The van der Waals surface area contributed by atoms with Gasteiger partial charge in [-0.1, -0.05) is 11.3 Å². The van der Waals surface area contributed by atoms with Gasteiger partial charge in [0.15, 0.2) is 11.0 Å². The Morgan fingerprint density at radius 1 is 0.846 bits per heavy atom. The highest BCUT2D eigenvalue weighted by Crippen LogP contribution is 2.25. The van der Waals surface area contributed by atoms with Crippen LogP contribution in [0.2, 0.25) is 0 Å². The summed E-state index contributed by atoms with van der Waals surface area (Å²) in [6.07, 6.45) is 2.82. The monoisotopic (exact) mass is 190 g/mol. The molecule has 0 unspecified atom stereocenters. The van der Waals surface area contributed by atoms with Crippen LogP contribution in [0.25, 0.3) is 20.7 Å².